The SMILES string of the molecule is Cc1c([N+](=O)[O-])cccc1S(=O)(=O)N1CCCC1C(=O)O. The number of carboxylic acids is 1. The normalized spacial score (nSPS) is 19.6. The van der Waals surface area contributed by atoms with Crippen LogP contribution >= 0.6 is 0 Å². The van der Waals surface area contributed by atoms with Crippen molar-refractivity contribution >= 4 is 21.7 Å². The maximum atomic E-state index is 12.6. The van der Waals surface area contributed by atoms with Crippen LogP contribution in [0.4, 0.5) is 5.69 Å². The van der Waals surface area contributed by atoms with E-state index in [0.717, 1.165) is 4.31 Å². The predicted octanol–water partition coefficient (Wildman–Crippen LogP) is 1.14. The van der Waals surface area contributed by atoms with E-state index in [4.69, 9.17) is 5.11 Å². The van der Waals surface area contributed by atoms with Crippen LogP contribution in [0, 0.1) is 17.0 Å². The number of carboxylic acid groups (broad SMARTS) is 1. The van der Waals surface area contributed by atoms with Crippen LogP contribution in [0.15, 0.2) is 23.1 Å². The third-order valence-corrected chi connectivity index (χ3v) is 5.58. The van der Waals surface area contributed by atoms with Crippen molar-refractivity contribution in [1.29, 1.82) is 0 Å². The van der Waals surface area contributed by atoms with E-state index >= 15 is 0 Å². The average Bonchev–Trinajstić information content (AvgIpc) is 2.88. The predicted molar refractivity (Wildman–Crippen MR) is 72.4 cm³/mol. The summed E-state index contributed by atoms with van der Waals surface area (Å²) < 4.78 is 26.1. The number of hydrogen-bond acceptors (Lipinski definition) is 5. The monoisotopic (exact) mass is 314 g/mol. The van der Waals surface area contributed by atoms with Crippen LogP contribution in [0.25, 0.3) is 0 Å². The number of nitro benzene ring substituents is 1. The van der Waals surface area contributed by atoms with E-state index < -0.39 is 27.0 Å². The Hall–Kier alpha value is -2.00. The molecule has 114 valence electrons. The van der Waals surface area contributed by atoms with E-state index in [1.165, 1.54) is 25.1 Å². The smallest absolute Gasteiger partial charge is 0.322 e. The highest BCUT2D eigenvalue weighted by Crippen LogP contribution is 2.31. The Morgan fingerprint density at radius 1 is 1.48 bits per heavy atom. The summed E-state index contributed by atoms with van der Waals surface area (Å²) in [5.41, 5.74) is -0.291. The van der Waals surface area contributed by atoms with Crippen molar-refractivity contribution in [2.45, 2.75) is 30.7 Å². The van der Waals surface area contributed by atoms with Crippen molar-refractivity contribution in [2.24, 2.45) is 0 Å². The lowest BCUT2D eigenvalue weighted by Gasteiger charge is -2.21. The van der Waals surface area contributed by atoms with Crippen LogP contribution in [0.5, 0.6) is 0 Å². The van der Waals surface area contributed by atoms with Crippen molar-refractivity contribution in [3.63, 3.8) is 0 Å². The topological polar surface area (TPSA) is 118 Å². The maximum absolute atomic E-state index is 12.6. The van der Waals surface area contributed by atoms with Crippen LogP contribution in [0.1, 0.15) is 18.4 Å². The lowest BCUT2D eigenvalue weighted by atomic mass is 10.2. The largest absolute Gasteiger partial charge is 0.480 e. The first-order valence-corrected chi connectivity index (χ1v) is 7.69. The Morgan fingerprint density at radius 2 is 2.14 bits per heavy atom. The highest BCUT2D eigenvalue weighted by Gasteiger charge is 2.40. The van der Waals surface area contributed by atoms with Crippen LogP contribution in [-0.4, -0.2) is 41.3 Å². The molecule has 1 unspecified atom stereocenters. The molecule has 1 fully saturated rings. The van der Waals surface area contributed by atoms with E-state index in [1.807, 2.05) is 0 Å². The van der Waals surface area contributed by atoms with Crippen LogP contribution < -0.4 is 0 Å². The summed E-state index contributed by atoms with van der Waals surface area (Å²) in [7, 11) is -4.07. The molecule has 9 heteroatoms. The number of sulfonamides is 1. The molecule has 1 aliphatic rings. The van der Waals surface area contributed by atoms with Gasteiger partial charge in [0.15, 0.2) is 0 Å². The second kappa shape index (κ2) is 5.41. The molecule has 0 spiro atoms. The first-order valence-electron chi connectivity index (χ1n) is 6.25. The van der Waals surface area contributed by atoms with Gasteiger partial charge in [0.1, 0.15) is 6.04 Å². The summed E-state index contributed by atoms with van der Waals surface area (Å²) in [6.45, 7) is 1.44. The first kappa shape index (κ1) is 15.4. The zero-order chi connectivity index (χ0) is 15.8. The van der Waals surface area contributed by atoms with Gasteiger partial charge in [0, 0.05) is 18.2 Å². The molecule has 0 radical (unpaired) electrons. The lowest BCUT2D eigenvalue weighted by molar-refractivity contribution is -0.385. The van der Waals surface area contributed by atoms with E-state index in [9.17, 15) is 23.3 Å². The van der Waals surface area contributed by atoms with Gasteiger partial charge < -0.3 is 5.11 Å². The Kier molecular flexibility index (Phi) is 3.97. The van der Waals surface area contributed by atoms with Crippen molar-refractivity contribution in [1.82, 2.24) is 4.31 Å². The van der Waals surface area contributed by atoms with Gasteiger partial charge in [-0.2, -0.15) is 4.31 Å². The summed E-state index contributed by atoms with van der Waals surface area (Å²) in [6, 6.07) is 2.64. The molecule has 8 nitrogen and oxygen atoms in total. The first-order chi connectivity index (χ1) is 9.76. The summed E-state index contributed by atoms with van der Waals surface area (Å²) in [4.78, 5) is 21.2. The van der Waals surface area contributed by atoms with Crippen LogP contribution in [-0.2, 0) is 14.8 Å². The van der Waals surface area contributed by atoms with Crippen molar-refractivity contribution in [2.75, 3.05) is 6.54 Å². The molecule has 2 rings (SSSR count). The maximum Gasteiger partial charge on any atom is 0.322 e. The quantitative estimate of drug-likeness (QED) is 0.657. The molecule has 1 atom stereocenters. The van der Waals surface area contributed by atoms with Gasteiger partial charge >= 0.3 is 5.97 Å². The van der Waals surface area contributed by atoms with Crippen molar-refractivity contribution in [3.05, 3.63) is 33.9 Å². The highest BCUT2D eigenvalue weighted by molar-refractivity contribution is 7.89. The van der Waals surface area contributed by atoms with Gasteiger partial charge in [0.2, 0.25) is 10.0 Å². The molecule has 1 N–H and O–H groups in total. The fourth-order valence-corrected chi connectivity index (χ4v) is 4.38. The Morgan fingerprint density at radius 3 is 2.71 bits per heavy atom. The number of nitrogens with zero attached hydrogens (tertiary/aromatic N) is 2. The molecule has 0 aromatic heterocycles. The molecular formula is C12H14N2O6S. The van der Waals surface area contributed by atoms with Gasteiger partial charge in [0.25, 0.3) is 5.69 Å². The molecule has 21 heavy (non-hydrogen) atoms. The zero-order valence-corrected chi connectivity index (χ0v) is 12.0. The minimum absolute atomic E-state index is 0.0125. The second-order valence-electron chi connectivity index (χ2n) is 4.77. The molecule has 0 amide bonds. The Labute approximate surface area is 121 Å². The number of benzene rings is 1. The number of carbonyl (C=O) groups is 1. The fourth-order valence-electron chi connectivity index (χ4n) is 2.48. The summed E-state index contributed by atoms with van der Waals surface area (Å²) >= 11 is 0. The molecular weight excluding hydrogens is 300 g/mol. The summed E-state index contributed by atoms with van der Waals surface area (Å²) in [5.74, 6) is -1.21. The summed E-state index contributed by atoms with van der Waals surface area (Å²) in [6.07, 6.45) is 0.687. The molecule has 0 aliphatic carbocycles. The molecule has 1 aromatic carbocycles. The number of nitro groups is 1. The highest BCUT2D eigenvalue weighted by atomic mass is 32.2. The average molecular weight is 314 g/mol. The van der Waals surface area contributed by atoms with Gasteiger partial charge in [-0.3, -0.25) is 14.9 Å². The molecule has 0 saturated carbocycles. The standard InChI is InChI=1S/C12H14N2O6S/c1-8-9(14(17)18)4-2-6-11(8)21(19,20)13-7-3-5-10(13)12(15)16/h2,4,6,10H,3,5,7H2,1H3,(H,15,16). The van der Waals surface area contributed by atoms with Crippen LogP contribution in [0.2, 0.25) is 0 Å². The van der Waals surface area contributed by atoms with Crippen molar-refractivity contribution in [3.8, 4) is 0 Å². The van der Waals surface area contributed by atoms with Crippen molar-refractivity contribution < 1.29 is 23.2 Å². The fraction of sp³-hybridized carbons (Fsp3) is 0.417. The van der Waals surface area contributed by atoms with E-state index in [-0.39, 0.29) is 29.1 Å². The minimum atomic E-state index is -4.07. The van der Waals surface area contributed by atoms with Gasteiger partial charge in [0.05, 0.1) is 9.82 Å². The zero-order valence-electron chi connectivity index (χ0n) is 11.2. The van der Waals surface area contributed by atoms with Gasteiger partial charge in [-0.1, -0.05) is 6.07 Å². The molecule has 1 saturated heterocycles. The number of hydrogen-bond donors (Lipinski definition) is 1. The van der Waals surface area contributed by atoms with Crippen LogP contribution in [0.3, 0.4) is 0 Å². The van der Waals surface area contributed by atoms with Gasteiger partial charge in [-0.15, -0.1) is 0 Å². The Bertz CT molecular complexity index is 700. The molecule has 1 aliphatic heterocycles. The summed E-state index contributed by atoms with van der Waals surface area (Å²) in [5, 5.41) is 20.0. The van der Waals surface area contributed by atoms with Gasteiger partial charge in [-0.25, -0.2) is 8.42 Å². The third kappa shape index (κ3) is 2.61. The second-order valence-corrected chi connectivity index (χ2v) is 6.63. The Balaban J connectivity index is 2.52. The van der Waals surface area contributed by atoms with E-state index in [1.54, 1.807) is 0 Å². The number of aliphatic carboxylic acids is 1. The third-order valence-electron chi connectivity index (χ3n) is 3.53. The molecule has 1 aromatic rings. The van der Waals surface area contributed by atoms with E-state index in [0.29, 0.717) is 6.42 Å². The molecule has 0 bridgehead atoms. The minimum Gasteiger partial charge on any atom is -0.480 e. The lowest BCUT2D eigenvalue weighted by Crippen LogP contribution is -2.40. The van der Waals surface area contributed by atoms with Gasteiger partial charge in [-0.05, 0) is 25.8 Å². The molecule has 1 heterocycles. The number of rotatable bonds is 4. The van der Waals surface area contributed by atoms with E-state index in [2.05, 4.69) is 0 Å².